The molecule has 2 aromatic carbocycles. The monoisotopic (exact) mass is 442 g/mol. The van der Waals surface area contributed by atoms with Crippen molar-refractivity contribution >= 4 is 33.2 Å². The summed E-state index contributed by atoms with van der Waals surface area (Å²) in [6.07, 6.45) is -0.0468. The van der Waals surface area contributed by atoms with Crippen LogP contribution in [0.4, 0.5) is 0 Å². The van der Waals surface area contributed by atoms with Gasteiger partial charge >= 0.3 is 0 Å². The van der Waals surface area contributed by atoms with Crippen LogP contribution in [0.2, 0.25) is 0 Å². The first-order valence-corrected chi connectivity index (χ1v) is 11.6. The summed E-state index contributed by atoms with van der Waals surface area (Å²) in [5, 5.41) is 4.22. The first kappa shape index (κ1) is 21.7. The fraction of sp³-hybridized carbons (Fsp3) is 0.182. The Balaban J connectivity index is 1.60. The number of carbonyl (C=O) groups is 2. The molecule has 0 aliphatic heterocycles. The molecule has 0 spiro atoms. The summed E-state index contributed by atoms with van der Waals surface area (Å²) in [6, 6.07) is 16.3. The summed E-state index contributed by atoms with van der Waals surface area (Å²) in [7, 11) is -4.03. The third-order valence-electron chi connectivity index (χ3n) is 4.41. The van der Waals surface area contributed by atoms with Gasteiger partial charge in [-0.25, -0.2) is 13.1 Å². The second-order valence-electron chi connectivity index (χ2n) is 7.01. The molecule has 2 N–H and O–H groups in total. The lowest BCUT2D eigenvalue weighted by molar-refractivity contribution is -0.118. The van der Waals surface area contributed by atoms with E-state index in [1.54, 1.807) is 12.1 Å². The van der Waals surface area contributed by atoms with E-state index in [9.17, 15) is 18.0 Å². The molecule has 2 amide bonds. The highest BCUT2D eigenvalue weighted by molar-refractivity contribution is 7.92. The van der Waals surface area contributed by atoms with Gasteiger partial charge in [0.15, 0.2) is 0 Å². The van der Waals surface area contributed by atoms with Crippen molar-refractivity contribution in [2.75, 3.05) is 0 Å². The average Bonchev–Trinajstić information content (AvgIpc) is 3.20. The molecule has 0 unspecified atom stereocenters. The number of sulfonamides is 1. The predicted octanol–water partition coefficient (Wildman–Crippen LogP) is 3.34. The van der Waals surface area contributed by atoms with Crippen LogP contribution in [0.1, 0.15) is 32.6 Å². The van der Waals surface area contributed by atoms with Crippen molar-refractivity contribution in [3.8, 4) is 0 Å². The minimum atomic E-state index is -4.03. The van der Waals surface area contributed by atoms with Crippen molar-refractivity contribution < 1.29 is 18.0 Å². The van der Waals surface area contributed by atoms with Crippen LogP contribution in [0.5, 0.6) is 0 Å². The Morgan fingerprint density at radius 1 is 0.900 bits per heavy atom. The number of nitrogens with one attached hydrogen (secondary N) is 2. The van der Waals surface area contributed by atoms with E-state index in [2.05, 4.69) is 10.0 Å². The molecular weight excluding hydrogens is 420 g/mol. The van der Waals surface area contributed by atoms with Crippen molar-refractivity contribution in [3.63, 3.8) is 0 Å². The summed E-state index contributed by atoms with van der Waals surface area (Å²) in [5.41, 5.74) is 4.08. The number of aryl methyl sites for hydroxylation is 2. The van der Waals surface area contributed by atoms with Crippen LogP contribution in [0.3, 0.4) is 0 Å². The number of thiophene rings is 1. The predicted molar refractivity (Wildman–Crippen MR) is 117 cm³/mol. The number of benzene rings is 2. The fourth-order valence-electron chi connectivity index (χ4n) is 2.69. The second kappa shape index (κ2) is 9.23. The Kier molecular flexibility index (Phi) is 6.69. The normalized spacial score (nSPS) is 11.1. The number of carbonyl (C=O) groups excluding carboxylic acids is 2. The van der Waals surface area contributed by atoms with Crippen LogP contribution in [-0.4, -0.2) is 20.2 Å². The van der Waals surface area contributed by atoms with E-state index in [4.69, 9.17) is 0 Å². The van der Waals surface area contributed by atoms with E-state index in [1.807, 2.05) is 50.2 Å². The average molecular weight is 443 g/mol. The Labute approximate surface area is 180 Å². The lowest BCUT2D eigenvalue weighted by Gasteiger charge is -2.06. The quantitative estimate of drug-likeness (QED) is 0.587. The summed E-state index contributed by atoms with van der Waals surface area (Å²) in [5.74, 6) is -1.00. The Morgan fingerprint density at radius 2 is 1.47 bits per heavy atom. The van der Waals surface area contributed by atoms with Crippen LogP contribution in [0.25, 0.3) is 0 Å². The molecule has 3 rings (SSSR count). The molecule has 156 valence electrons. The SMILES string of the molecule is Cc1ccc(CNC(=O)c2csc(S(=O)(=O)NC(=O)Cc3ccc(C)cc3)c2)cc1. The van der Waals surface area contributed by atoms with Crippen LogP contribution in [0, 0.1) is 13.8 Å². The van der Waals surface area contributed by atoms with Crippen molar-refractivity contribution in [2.45, 2.75) is 31.0 Å². The van der Waals surface area contributed by atoms with Gasteiger partial charge in [-0.15, -0.1) is 11.3 Å². The van der Waals surface area contributed by atoms with Gasteiger partial charge in [0.1, 0.15) is 4.21 Å². The molecule has 30 heavy (non-hydrogen) atoms. The van der Waals surface area contributed by atoms with Gasteiger partial charge < -0.3 is 5.32 Å². The minimum absolute atomic E-state index is 0.0468. The van der Waals surface area contributed by atoms with Gasteiger partial charge in [-0.3, -0.25) is 9.59 Å². The number of rotatable bonds is 7. The van der Waals surface area contributed by atoms with E-state index in [0.717, 1.165) is 33.6 Å². The largest absolute Gasteiger partial charge is 0.348 e. The van der Waals surface area contributed by atoms with Crippen molar-refractivity contribution in [1.82, 2.24) is 10.0 Å². The molecule has 6 nitrogen and oxygen atoms in total. The smallest absolute Gasteiger partial charge is 0.273 e. The molecule has 0 bridgehead atoms. The molecule has 0 saturated heterocycles. The highest BCUT2D eigenvalue weighted by Crippen LogP contribution is 2.20. The van der Waals surface area contributed by atoms with Crippen molar-refractivity contribution in [1.29, 1.82) is 0 Å². The van der Waals surface area contributed by atoms with E-state index >= 15 is 0 Å². The zero-order valence-electron chi connectivity index (χ0n) is 16.6. The van der Waals surface area contributed by atoms with E-state index in [0.29, 0.717) is 6.54 Å². The topological polar surface area (TPSA) is 92.3 Å². The highest BCUT2D eigenvalue weighted by atomic mass is 32.2. The summed E-state index contributed by atoms with van der Waals surface area (Å²) in [6.45, 7) is 4.25. The van der Waals surface area contributed by atoms with Crippen LogP contribution < -0.4 is 10.0 Å². The van der Waals surface area contributed by atoms with Crippen LogP contribution in [0.15, 0.2) is 64.2 Å². The van der Waals surface area contributed by atoms with E-state index in [1.165, 1.54) is 11.4 Å². The zero-order valence-corrected chi connectivity index (χ0v) is 18.3. The fourth-order valence-corrected chi connectivity index (χ4v) is 4.84. The molecule has 0 aliphatic rings. The molecular formula is C22H22N2O4S2. The van der Waals surface area contributed by atoms with Crippen molar-refractivity contribution in [3.05, 3.63) is 87.8 Å². The minimum Gasteiger partial charge on any atom is -0.348 e. The van der Waals surface area contributed by atoms with Gasteiger partial charge in [0.2, 0.25) is 5.91 Å². The first-order chi connectivity index (χ1) is 14.2. The molecule has 0 aliphatic carbocycles. The highest BCUT2D eigenvalue weighted by Gasteiger charge is 2.21. The molecule has 0 atom stereocenters. The first-order valence-electron chi connectivity index (χ1n) is 9.26. The standard InChI is InChI=1S/C22H22N2O4S2/c1-15-3-7-17(8-4-15)11-20(25)24-30(27,28)21-12-19(14-29-21)22(26)23-13-18-9-5-16(2)6-10-18/h3-10,12,14H,11,13H2,1-2H3,(H,23,26)(H,24,25). The van der Waals surface area contributed by atoms with Crippen molar-refractivity contribution in [2.24, 2.45) is 0 Å². The Hall–Kier alpha value is -2.97. The molecule has 0 fully saturated rings. The molecule has 8 heteroatoms. The molecule has 0 saturated carbocycles. The molecule has 3 aromatic rings. The summed E-state index contributed by atoms with van der Waals surface area (Å²) < 4.78 is 26.9. The van der Waals surface area contributed by atoms with Gasteiger partial charge in [-0.1, -0.05) is 59.7 Å². The number of hydrogen-bond acceptors (Lipinski definition) is 5. The summed E-state index contributed by atoms with van der Waals surface area (Å²) in [4.78, 5) is 24.5. The third kappa shape index (κ3) is 5.77. The molecule has 1 aromatic heterocycles. The lowest BCUT2D eigenvalue weighted by atomic mass is 10.1. The van der Waals surface area contributed by atoms with Gasteiger partial charge in [-0.2, -0.15) is 0 Å². The van der Waals surface area contributed by atoms with E-state index < -0.39 is 15.9 Å². The third-order valence-corrected chi connectivity index (χ3v) is 7.22. The lowest BCUT2D eigenvalue weighted by Crippen LogP contribution is -2.31. The van der Waals surface area contributed by atoms with Gasteiger partial charge in [0.05, 0.1) is 12.0 Å². The zero-order chi connectivity index (χ0) is 21.7. The van der Waals surface area contributed by atoms with Gasteiger partial charge in [0.25, 0.3) is 15.9 Å². The second-order valence-corrected chi connectivity index (χ2v) is 9.83. The van der Waals surface area contributed by atoms with E-state index in [-0.39, 0.29) is 22.1 Å². The maximum atomic E-state index is 12.5. The van der Waals surface area contributed by atoms with Gasteiger partial charge in [-0.05, 0) is 31.0 Å². The summed E-state index contributed by atoms with van der Waals surface area (Å²) >= 11 is 0.895. The van der Waals surface area contributed by atoms with Crippen LogP contribution >= 0.6 is 11.3 Å². The number of hydrogen-bond donors (Lipinski definition) is 2. The molecule has 1 heterocycles. The number of amides is 2. The molecule has 0 radical (unpaired) electrons. The van der Waals surface area contributed by atoms with Crippen LogP contribution in [-0.2, 0) is 27.8 Å². The Morgan fingerprint density at radius 3 is 2.07 bits per heavy atom. The Bertz CT molecular complexity index is 1150. The maximum absolute atomic E-state index is 12.5. The van der Waals surface area contributed by atoms with Gasteiger partial charge in [0, 0.05) is 11.9 Å². The maximum Gasteiger partial charge on any atom is 0.273 e.